The number of nitrogens with zero attached hydrogens (tertiary/aromatic N) is 2. The number of fused-ring (bicyclic) bond motifs is 2. The lowest BCUT2D eigenvalue weighted by molar-refractivity contribution is 0.174. The van der Waals surface area contributed by atoms with E-state index in [1.165, 1.54) is 0 Å². The zero-order valence-electron chi connectivity index (χ0n) is 13.8. The Morgan fingerprint density at radius 1 is 1.28 bits per heavy atom. The molecule has 0 radical (unpaired) electrons. The van der Waals surface area contributed by atoms with Gasteiger partial charge in [0.2, 0.25) is 6.79 Å². The van der Waals surface area contributed by atoms with Crippen LogP contribution in [-0.2, 0) is 0 Å². The SMILES string of the molecule is COc1ccc2nc(/C(C#N)=C\c3cc4c(cc3C)OCO4)[nH]c2c1. The summed E-state index contributed by atoms with van der Waals surface area (Å²) in [7, 11) is 1.61. The van der Waals surface area contributed by atoms with E-state index < -0.39 is 0 Å². The number of benzene rings is 2. The average Bonchev–Trinajstić information content (AvgIpc) is 3.24. The lowest BCUT2D eigenvalue weighted by Crippen LogP contribution is -1.92. The monoisotopic (exact) mass is 333 g/mol. The van der Waals surface area contributed by atoms with Crippen molar-refractivity contribution in [3.8, 4) is 23.3 Å². The molecule has 3 aromatic rings. The third-order valence-electron chi connectivity index (χ3n) is 4.13. The lowest BCUT2D eigenvalue weighted by Gasteiger charge is -2.04. The lowest BCUT2D eigenvalue weighted by atomic mass is 10.0. The van der Waals surface area contributed by atoms with Crippen LogP contribution < -0.4 is 14.2 Å². The molecule has 0 amide bonds. The summed E-state index contributed by atoms with van der Waals surface area (Å²) in [5, 5.41) is 9.59. The number of H-pyrrole nitrogens is 1. The number of rotatable bonds is 3. The normalized spacial score (nSPS) is 13.1. The van der Waals surface area contributed by atoms with Gasteiger partial charge in [0.05, 0.1) is 23.7 Å². The largest absolute Gasteiger partial charge is 0.497 e. The Bertz CT molecular complexity index is 1040. The first-order valence-electron chi connectivity index (χ1n) is 7.74. The first-order chi connectivity index (χ1) is 12.2. The van der Waals surface area contributed by atoms with Crippen LogP contribution in [0.3, 0.4) is 0 Å². The van der Waals surface area contributed by atoms with E-state index in [9.17, 15) is 5.26 Å². The fourth-order valence-electron chi connectivity index (χ4n) is 2.77. The maximum Gasteiger partial charge on any atom is 0.231 e. The molecular weight excluding hydrogens is 318 g/mol. The summed E-state index contributed by atoms with van der Waals surface area (Å²) in [6, 6.07) is 11.5. The van der Waals surface area contributed by atoms with Gasteiger partial charge >= 0.3 is 0 Å². The molecule has 0 saturated heterocycles. The molecule has 1 aliphatic heterocycles. The molecule has 0 atom stereocenters. The zero-order chi connectivity index (χ0) is 17.4. The molecule has 0 saturated carbocycles. The number of imidazole rings is 1. The molecule has 0 unspecified atom stereocenters. The van der Waals surface area contributed by atoms with E-state index >= 15 is 0 Å². The maximum absolute atomic E-state index is 9.59. The van der Waals surface area contributed by atoms with Crippen LogP contribution >= 0.6 is 0 Å². The molecule has 0 aliphatic carbocycles. The van der Waals surface area contributed by atoms with Crippen LogP contribution in [-0.4, -0.2) is 23.9 Å². The van der Waals surface area contributed by atoms with Crippen molar-refractivity contribution in [1.82, 2.24) is 9.97 Å². The number of nitriles is 1. The van der Waals surface area contributed by atoms with Crippen LogP contribution in [0.2, 0.25) is 0 Å². The fraction of sp³-hybridized carbons (Fsp3) is 0.158. The van der Waals surface area contributed by atoms with Crippen LogP contribution in [0.25, 0.3) is 22.7 Å². The van der Waals surface area contributed by atoms with Gasteiger partial charge < -0.3 is 19.2 Å². The Balaban J connectivity index is 1.78. The van der Waals surface area contributed by atoms with Crippen molar-refractivity contribution >= 4 is 22.7 Å². The number of hydrogen-bond donors (Lipinski definition) is 1. The summed E-state index contributed by atoms with van der Waals surface area (Å²) in [5.41, 5.74) is 3.92. The predicted octanol–water partition coefficient (Wildman–Crippen LogP) is 3.67. The number of aromatic nitrogens is 2. The number of ether oxygens (including phenoxy) is 3. The molecule has 0 bridgehead atoms. The molecule has 1 N–H and O–H groups in total. The summed E-state index contributed by atoms with van der Waals surface area (Å²) in [5.74, 6) is 2.66. The second kappa shape index (κ2) is 5.87. The molecule has 0 fully saturated rings. The summed E-state index contributed by atoms with van der Waals surface area (Å²) < 4.78 is 16.0. The van der Waals surface area contributed by atoms with Crippen molar-refractivity contribution in [3.05, 3.63) is 47.3 Å². The van der Waals surface area contributed by atoms with E-state index in [-0.39, 0.29) is 6.79 Å². The quantitative estimate of drug-likeness (QED) is 0.740. The van der Waals surface area contributed by atoms with Crippen molar-refractivity contribution in [2.24, 2.45) is 0 Å². The Kier molecular flexibility index (Phi) is 3.55. The van der Waals surface area contributed by atoms with Crippen molar-refractivity contribution < 1.29 is 14.2 Å². The Labute approximate surface area is 144 Å². The van der Waals surface area contributed by atoms with Gasteiger partial charge in [-0.3, -0.25) is 0 Å². The molecule has 1 aromatic heterocycles. The second-order valence-corrected chi connectivity index (χ2v) is 5.70. The van der Waals surface area contributed by atoms with Crippen molar-refractivity contribution in [3.63, 3.8) is 0 Å². The van der Waals surface area contributed by atoms with Crippen LogP contribution in [0.15, 0.2) is 30.3 Å². The van der Waals surface area contributed by atoms with Crippen LogP contribution in [0.4, 0.5) is 0 Å². The Morgan fingerprint density at radius 3 is 2.84 bits per heavy atom. The molecule has 6 heteroatoms. The van der Waals surface area contributed by atoms with Gasteiger partial charge in [-0.25, -0.2) is 4.98 Å². The van der Waals surface area contributed by atoms with E-state index in [2.05, 4.69) is 16.0 Å². The molecule has 0 spiro atoms. The van der Waals surface area contributed by atoms with Crippen molar-refractivity contribution in [1.29, 1.82) is 5.26 Å². The molecule has 25 heavy (non-hydrogen) atoms. The maximum atomic E-state index is 9.59. The van der Waals surface area contributed by atoms with Gasteiger partial charge in [-0.05, 0) is 48.4 Å². The highest BCUT2D eigenvalue weighted by Crippen LogP contribution is 2.35. The molecule has 2 heterocycles. The highest BCUT2D eigenvalue weighted by atomic mass is 16.7. The third-order valence-corrected chi connectivity index (χ3v) is 4.13. The highest BCUT2D eigenvalue weighted by molar-refractivity contribution is 5.91. The minimum absolute atomic E-state index is 0.221. The minimum Gasteiger partial charge on any atom is -0.497 e. The minimum atomic E-state index is 0.221. The van der Waals surface area contributed by atoms with Crippen LogP contribution in [0.1, 0.15) is 17.0 Å². The predicted molar refractivity (Wildman–Crippen MR) is 93.4 cm³/mol. The van der Waals surface area contributed by atoms with Gasteiger partial charge in [0.15, 0.2) is 11.5 Å². The number of allylic oxidation sites excluding steroid dienone is 1. The van der Waals surface area contributed by atoms with Gasteiger partial charge in [-0.15, -0.1) is 0 Å². The van der Waals surface area contributed by atoms with E-state index in [4.69, 9.17) is 14.2 Å². The number of aryl methyl sites for hydroxylation is 1. The molecule has 6 nitrogen and oxygen atoms in total. The van der Waals surface area contributed by atoms with Gasteiger partial charge in [-0.2, -0.15) is 5.26 Å². The summed E-state index contributed by atoms with van der Waals surface area (Å²) in [6.07, 6.45) is 1.80. The smallest absolute Gasteiger partial charge is 0.231 e. The zero-order valence-corrected chi connectivity index (χ0v) is 13.8. The first-order valence-corrected chi connectivity index (χ1v) is 7.74. The highest BCUT2D eigenvalue weighted by Gasteiger charge is 2.16. The molecule has 124 valence electrons. The number of methoxy groups -OCH3 is 1. The second-order valence-electron chi connectivity index (χ2n) is 5.70. The topological polar surface area (TPSA) is 80.2 Å². The average molecular weight is 333 g/mol. The van der Waals surface area contributed by atoms with Gasteiger partial charge in [0.1, 0.15) is 17.6 Å². The van der Waals surface area contributed by atoms with Gasteiger partial charge in [0, 0.05) is 6.07 Å². The summed E-state index contributed by atoms with van der Waals surface area (Å²) in [6.45, 7) is 2.19. The third kappa shape index (κ3) is 2.66. The van der Waals surface area contributed by atoms with Crippen molar-refractivity contribution in [2.75, 3.05) is 13.9 Å². The van der Waals surface area contributed by atoms with E-state index in [1.807, 2.05) is 37.3 Å². The summed E-state index contributed by atoms with van der Waals surface area (Å²) in [4.78, 5) is 7.68. The Hall–Kier alpha value is -3.46. The first kappa shape index (κ1) is 15.1. The molecule has 4 rings (SSSR count). The number of nitrogens with one attached hydrogen (secondary N) is 1. The van der Waals surface area contributed by atoms with Gasteiger partial charge in [-0.1, -0.05) is 0 Å². The molecular formula is C19H15N3O3. The van der Waals surface area contributed by atoms with E-state index in [0.29, 0.717) is 17.1 Å². The number of aromatic amines is 1. The molecule has 1 aliphatic rings. The van der Waals surface area contributed by atoms with Crippen LogP contribution in [0, 0.1) is 18.3 Å². The Morgan fingerprint density at radius 2 is 2.08 bits per heavy atom. The fourth-order valence-corrected chi connectivity index (χ4v) is 2.77. The molecule has 2 aromatic carbocycles. The van der Waals surface area contributed by atoms with Gasteiger partial charge in [0.25, 0.3) is 0 Å². The van der Waals surface area contributed by atoms with Crippen LogP contribution in [0.5, 0.6) is 17.2 Å². The van der Waals surface area contributed by atoms with Crippen molar-refractivity contribution in [2.45, 2.75) is 6.92 Å². The summed E-state index contributed by atoms with van der Waals surface area (Å²) >= 11 is 0. The van der Waals surface area contributed by atoms with E-state index in [1.54, 1.807) is 13.2 Å². The van der Waals surface area contributed by atoms with E-state index in [0.717, 1.165) is 33.7 Å². The number of hydrogen-bond acceptors (Lipinski definition) is 5. The standard InChI is InChI=1S/C19H15N3O3/c1-11-5-17-18(25-10-24-17)7-12(11)6-13(9-20)19-21-15-4-3-14(23-2)8-16(15)22-19/h3-8H,10H2,1-2H3,(H,21,22)/b13-6-.